The van der Waals surface area contributed by atoms with Gasteiger partial charge in [0.25, 0.3) is 0 Å². The molecule has 1 aliphatic heterocycles. The molecule has 0 saturated carbocycles. The molecule has 2 aromatic carbocycles. The molecular formula is C23H32FIN4O2. The standard InChI is InChI=1S/C23H31FN4O2.HI/c1-25-23(26-14-17-8-9-21(24)19(12-17)16-29)27-15-22(28-10-3-4-11-28)18-6-5-7-20(13-18)30-2;/h5-9,12-13,22,29H,3-4,10-11,14-16H2,1-2H3,(H2,25,26,27);1H. The van der Waals surface area contributed by atoms with Crippen molar-refractivity contribution >= 4 is 29.9 Å². The maximum absolute atomic E-state index is 13.6. The van der Waals surface area contributed by atoms with Gasteiger partial charge in [-0.2, -0.15) is 0 Å². The Balaban J connectivity index is 0.00000341. The smallest absolute Gasteiger partial charge is 0.191 e. The second kappa shape index (κ2) is 12.8. The van der Waals surface area contributed by atoms with Crippen LogP contribution in [0, 0.1) is 5.82 Å². The number of hydrogen-bond donors (Lipinski definition) is 3. The monoisotopic (exact) mass is 542 g/mol. The van der Waals surface area contributed by atoms with Crippen molar-refractivity contribution in [3.8, 4) is 5.75 Å². The zero-order chi connectivity index (χ0) is 21.3. The summed E-state index contributed by atoms with van der Waals surface area (Å²) in [6.07, 6.45) is 2.43. The lowest BCUT2D eigenvalue weighted by molar-refractivity contribution is 0.245. The average molecular weight is 542 g/mol. The van der Waals surface area contributed by atoms with E-state index < -0.39 is 5.82 Å². The highest BCUT2D eigenvalue weighted by Crippen LogP contribution is 2.27. The molecule has 1 unspecified atom stereocenters. The Morgan fingerprint density at radius 1 is 1.19 bits per heavy atom. The fraction of sp³-hybridized carbons (Fsp3) is 0.435. The molecule has 0 aliphatic carbocycles. The first-order chi connectivity index (χ1) is 14.6. The van der Waals surface area contributed by atoms with E-state index in [1.807, 2.05) is 12.1 Å². The first-order valence-corrected chi connectivity index (χ1v) is 10.3. The Bertz CT molecular complexity index is 859. The summed E-state index contributed by atoms with van der Waals surface area (Å²) in [6, 6.07) is 13.2. The number of aliphatic hydroxyl groups is 1. The molecule has 2 aromatic rings. The van der Waals surface area contributed by atoms with Crippen LogP contribution in [0.2, 0.25) is 0 Å². The summed E-state index contributed by atoms with van der Waals surface area (Å²) in [5.74, 6) is 1.14. The number of likely N-dealkylation sites (tertiary alicyclic amines) is 1. The van der Waals surface area contributed by atoms with Gasteiger partial charge in [-0.15, -0.1) is 24.0 Å². The number of hydrogen-bond acceptors (Lipinski definition) is 4. The minimum atomic E-state index is -0.393. The van der Waals surface area contributed by atoms with E-state index in [2.05, 4.69) is 32.7 Å². The highest BCUT2D eigenvalue weighted by atomic mass is 127. The van der Waals surface area contributed by atoms with Crippen molar-refractivity contribution in [3.63, 3.8) is 0 Å². The average Bonchev–Trinajstić information content (AvgIpc) is 3.31. The van der Waals surface area contributed by atoms with E-state index in [-0.39, 0.29) is 36.6 Å². The molecule has 0 bridgehead atoms. The number of ether oxygens (including phenoxy) is 1. The third-order valence-corrected chi connectivity index (χ3v) is 5.49. The van der Waals surface area contributed by atoms with Crippen LogP contribution in [0.4, 0.5) is 4.39 Å². The number of guanidine groups is 1. The summed E-state index contributed by atoms with van der Waals surface area (Å²) < 4.78 is 19.0. The lowest BCUT2D eigenvalue weighted by Crippen LogP contribution is -2.42. The summed E-state index contributed by atoms with van der Waals surface area (Å²) in [7, 11) is 3.42. The SMILES string of the molecule is CN=C(NCc1ccc(F)c(CO)c1)NCC(c1cccc(OC)c1)N1CCCC1.I. The van der Waals surface area contributed by atoms with Crippen LogP contribution in [0.15, 0.2) is 47.5 Å². The van der Waals surface area contributed by atoms with Crippen molar-refractivity contribution in [2.75, 3.05) is 33.8 Å². The zero-order valence-electron chi connectivity index (χ0n) is 18.1. The molecule has 0 amide bonds. The van der Waals surface area contributed by atoms with E-state index in [1.165, 1.54) is 24.5 Å². The second-order valence-corrected chi connectivity index (χ2v) is 7.43. The number of nitrogens with zero attached hydrogens (tertiary/aromatic N) is 2. The Hall–Kier alpha value is -1.91. The van der Waals surface area contributed by atoms with E-state index in [0.717, 1.165) is 24.4 Å². The van der Waals surface area contributed by atoms with Crippen molar-refractivity contribution in [1.29, 1.82) is 0 Å². The van der Waals surface area contributed by atoms with Gasteiger partial charge in [0.2, 0.25) is 0 Å². The van der Waals surface area contributed by atoms with Crippen molar-refractivity contribution in [2.45, 2.75) is 32.0 Å². The number of benzene rings is 2. The Kier molecular flexibility index (Phi) is 10.5. The van der Waals surface area contributed by atoms with Crippen LogP contribution >= 0.6 is 24.0 Å². The number of halogens is 2. The summed E-state index contributed by atoms with van der Waals surface area (Å²) in [4.78, 5) is 6.81. The Morgan fingerprint density at radius 3 is 2.65 bits per heavy atom. The van der Waals surface area contributed by atoms with Gasteiger partial charge in [0.15, 0.2) is 5.96 Å². The van der Waals surface area contributed by atoms with Crippen LogP contribution in [0.25, 0.3) is 0 Å². The van der Waals surface area contributed by atoms with Crippen LogP contribution in [0.1, 0.15) is 35.6 Å². The van der Waals surface area contributed by atoms with Gasteiger partial charge in [-0.1, -0.05) is 18.2 Å². The minimum absolute atomic E-state index is 0. The molecule has 31 heavy (non-hydrogen) atoms. The number of aliphatic imine (C=N–C) groups is 1. The fourth-order valence-electron chi connectivity index (χ4n) is 3.82. The summed E-state index contributed by atoms with van der Waals surface area (Å²) in [5, 5.41) is 15.9. The van der Waals surface area contributed by atoms with Gasteiger partial charge in [0.05, 0.1) is 19.8 Å². The molecule has 1 saturated heterocycles. The lowest BCUT2D eigenvalue weighted by atomic mass is 10.1. The molecule has 3 rings (SSSR count). The third kappa shape index (κ3) is 7.05. The van der Waals surface area contributed by atoms with Gasteiger partial charge in [0.1, 0.15) is 11.6 Å². The molecule has 1 heterocycles. The molecule has 1 atom stereocenters. The van der Waals surface area contributed by atoms with Crippen molar-refractivity contribution < 1.29 is 14.2 Å². The van der Waals surface area contributed by atoms with E-state index in [1.54, 1.807) is 26.3 Å². The Labute approximate surface area is 200 Å². The highest BCUT2D eigenvalue weighted by molar-refractivity contribution is 14.0. The summed E-state index contributed by atoms with van der Waals surface area (Å²) in [5.41, 5.74) is 2.39. The molecule has 0 spiro atoms. The molecule has 170 valence electrons. The first kappa shape index (κ1) is 25.4. The minimum Gasteiger partial charge on any atom is -0.497 e. The predicted molar refractivity (Wildman–Crippen MR) is 132 cm³/mol. The van der Waals surface area contributed by atoms with Crippen molar-refractivity contribution in [2.24, 2.45) is 4.99 Å². The van der Waals surface area contributed by atoms with Gasteiger partial charge < -0.3 is 20.5 Å². The van der Waals surface area contributed by atoms with Gasteiger partial charge in [-0.05, 0) is 61.3 Å². The molecule has 0 aromatic heterocycles. The third-order valence-electron chi connectivity index (χ3n) is 5.49. The van der Waals surface area contributed by atoms with Crippen molar-refractivity contribution in [1.82, 2.24) is 15.5 Å². The molecule has 8 heteroatoms. The molecular weight excluding hydrogens is 510 g/mol. The molecule has 0 radical (unpaired) electrons. The largest absolute Gasteiger partial charge is 0.497 e. The number of rotatable bonds is 8. The summed E-state index contributed by atoms with van der Waals surface area (Å²) in [6.45, 7) is 3.04. The van der Waals surface area contributed by atoms with Crippen LogP contribution < -0.4 is 15.4 Å². The molecule has 6 nitrogen and oxygen atoms in total. The molecule has 1 aliphatic rings. The van der Waals surface area contributed by atoms with Gasteiger partial charge >= 0.3 is 0 Å². The zero-order valence-corrected chi connectivity index (χ0v) is 20.4. The molecule has 1 fully saturated rings. The van der Waals surface area contributed by atoms with E-state index >= 15 is 0 Å². The van der Waals surface area contributed by atoms with Crippen LogP contribution in [0.3, 0.4) is 0 Å². The summed E-state index contributed by atoms with van der Waals surface area (Å²) >= 11 is 0. The van der Waals surface area contributed by atoms with Gasteiger partial charge in [-0.25, -0.2) is 4.39 Å². The fourth-order valence-corrected chi connectivity index (χ4v) is 3.82. The van der Waals surface area contributed by atoms with E-state index in [0.29, 0.717) is 24.6 Å². The second-order valence-electron chi connectivity index (χ2n) is 7.43. The maximum Gasteiger partial charge on any atom is 0.191 e. The number of aliphatic hydroxyl groups excluding tert-OH is 1. The van der Waals surface area contributed by atoms with E-state index in [9.17, 15) is 9.50 Å². The van der Waals surface area contributed by atoms with Crippen LogP contribution in [0.5, 0.6) is 5.75 Å². The van der Waals surface area contributed by atoms with Crippen LogP contribution in [-0.4, -0.2) is 49.8 Å². The van der Waals surface area contributed by atoms with E-state index in [4.69, 9.17) is 4.74 Å². The topological polar surface area (TPSA) is 69.1 Å². The highest BCUT2D eigenvalue weighted by Gasteiger charge is 2.24. The lowest BCUT2D eigenvalue weighted by Gasteiger charge is -2.29. The predicted octanol–water partition coefficient (Wildman–Crippen LogP) is 3.45. The van der Waals surface area contributed by atoms with Gasteiger partial charge in [-0.3, -0.25) is 9.89 Å². The maximum atomic E-state index is 13.6. The Morgan fingerprint density at radius 2 is 1.97 bits per heavy atom. The number of methoxy groups -OCH3 is 1. The quantitative estimate of drug-likeness (QED) is 0.271. The normalized spacial score (nSPS) is 15.3. The first-order valence-electron chi connectivity index (χ1n) is 10.3. The molecule has 3 N–H and O–H groups in total. The number of nitrogens with one attached hydrogen (secondary N) is 2. The van der Waals surface area contributed by atoms with Gasteiger partial charge in [0, 0.05) is 25.7 Å². The van der Waals surface area contributed by atoms with Crippen LogP contribution in [-0.2, 0) is 13.2 Å². The van der Waals surface area contributed by atoms with Crippen molar-refractivity contribution in [3.05, 3.63) is 65.0 Å².